The molecule has 0 bridgehead atoms. The topological polar surface area (TPSA) is 64.3 Å². The number of nitrogens with two attached hydrogens (primary N) is 1. The van der Waals surface area contributed by atoms with Crippen LogP contribution in [0.2, 0.25) is 10.0 Å². The minimum absolute atomic E-state index is 0. The first-order chi connectivity index (χ1) is 9.51. The van der Waals surface area contributed by atoms with Gasteiger partial charge in [0.15, 0.2) is 0 Å². The zero-order valence-corrected chi connectivity index (χ0v) is 14.0. The molecule has 1 amide bonds. The maximum Gasteiger partial charge on any atom is 0.255 e. The average molecular weight is 354 g/mol. The van der Waals surface area contributed by atoms with Crippen LogP contribution in [0.25, 0.3) is 0 Å². The van der Waals surface area contributed by atoms with Crippen LogP contribution in [0.15, 0.2) is 12.1 Å². The molecule has 1 saturated carbocycles. The first-order valence-electron chi connectivity index (χ1n) is 6.60. The Labute approximate surface area is 140 Å². The lowest BCUT2D eigenvalue weighted by Gasteiger charge is -2.27. The van der Waals surface area contributed by atoms with E-state index in [0.29, 0.717) is 21.4 Å². The molecule has 4 nitrogen and oxygen atoms in total. The molecule has 118 valence electrons. The molecule has 1 aromatic carbocycles. The summed E-state index contributed by atoms with van der Waals surface area (Å²) in [7, 11) is 1.50. The summed E-state index contributed by atoms with van der Waals surface area (Å²) in [6, 6.07) is 3.49. The summed E-state index contributed by atoms with van der Waals surface area (Å²) in [5.41, 5.74) is 6.26. The van der Waals surface area contributed by atoms with E-state index >= 15 is 0 Å². The molecule has 0 atom stereocenters. The van der Waals surface area contributed by atoms with Gasteiger partial charge in [-0.25, -0.2) is 0 Å². The molecular formula is C14H19Cl3N2O2. The fraction of sp³-hybridized carbons (Fsp3) is 0.500. The molecule has 1 aliphatic rings. The third-order valence-corrected chi connectivity index (χ3v) is 4.32. The van der Waals surface area contributed by atoms with Crippen molar-refractivity contribution in [1.82, 2.24) is 5.32 Å². The Balaban J connectivity index is 0.00000220. The molecule has 0 radical (unpaired) electrons. The van der Waals surface area contributed by atoms with Crippen LogP contribution in [0.4, 0.5) is 0 Å². The number of carbonyl (C=O) groups is 1. The molecule has 0 aliphatic heterocycles. The fourth-order valence-corrected chi connectivity index (χ4v) is 2.72. The molecule has 0 saturated heterocycles. The third-order valence-electron chi connectivity index (χ3n) is 3.59. The monoisotopic (exact) mass is 352 g/mol. The molecule has 0 unspecified atom stereocenters. The largest absolute Gasteiger partial charge is 0.496 e. The van der Waals surface area contributed by atoms with Gasteiger partial charge in [-0.3, -0.25) is 4.79 Å². The second-order valence-electron chi connectivity index (χ2n) is 5.05. The molecule has 0 heterocycles. The van der Waals surface area contributed by atoms with Crippen molar-refractivity contribution in [2.24, 2.45) is 5.73 Å². The summed E-state index contributed by atoms with van der Waals surface area (Å²) in [6.45, 7) is 0. The Hall–Kier alpha value is -0.680. The van der Waals surface area contributed by atoms with Crippen LogP contribution < -0.4 is 15.8 Å². The summed E-state index contributed by atoms with van der Waals surface area (Å²) in [5.74, 6) is 0.227. The lowest BCUT2D eigenvalue weighted by atomic mass is 9.91. The average Bonchev–Trinajstić information content (AvgIpc) is 2.43. The summed E-state index contributed by atoms with van der Waals surface area (Å²) >= 11 is 11.9. The first-order valence-corrected chi connectivity index (χ1v) is 7.36. The van der Waals surface area contributed by atoms with Crippen molar-refractivity contribution >= 4 is 41.5 Å². The molecular weight excluding hydrogens is 335 g/mol. The lowest BCUT2D eigenvalue weighted by Crippen LogP contribution is -2.40. The van der Waals surface area contributed by atoms with Gasteiger partial charge in [0.2, 0.25) is 0 Å². The van der Waals surface area contributed by atoms with E-state index in [-0.39, 0.29) is 30.4 Å². The summed E-state index contributed by atoms with van der Waals surface area (Å²) in [6.07, 6.45) is 3.67. The highest BCUT2D eigenvalue weighted by Crippen LogP contribution is 2.30. The number of rotatable bonds is 3. The number of halogens is 3. The minimum Gasteiger partial charge on any atom is -0.496 e. The van der Waals surface area contributed by atoms with Crippen LogP contribution in [0.3, 0.4) is 0 Å². The molecule has 2 rings (SSSR count). The number of hydrogen-bond acceptors (Lipinski definition) is 3. The van der Waals surface area contributed by atoms with Crippen molar-refractivity contribution < 1.29 is 9.53 Å². The smallest absolute Gasteiger partial charge is 0.255 e. The Morgan fingerprint density at radius 1 is 1.24 bits per heavy atom. The van der Waals surface area contributed by atoms with Crippen LogP contribution in [0.5, 0.6) is 5.75 Å². The molecule has 21 heavy (non-hydrogen) atoms. The van der Waals surface area contributed by atoms with Gasteiger partial charge in [-0.05, 0) is 31.7 Å². The van der Waals surface area contributed by atoms with Crippen molar-refractivity contribution in [2.45, 2.75) is 37.8 Å². The lowest BCUT2D eigenvalue weighted by molar-refractivity contribution is 0.0923. The fourth-order valence-electron chi connectivity index (χ4n) is 2.40. The van der Waals surface area contributed by atoms with E-state index in [4.69, 9.17) is 33.7 Å². The minimum atomic E-state index is -0.194. The number of benzene rings is 1. The van der Waals surface area contributed by atoms with E-state index in [1.54, 1.807) is 6.07 Å². The second kappa shape index (κ2) is 8.08. The van der Waals surface area contributed by atoms with Gasteiger partial charge in [-0.2, -0.15) is 0 Å². The third kappa shape index (κ3) is 4.65. The van der Waals surface area contributed by atoms with E-state index in [1.165, 1.54) is 13.2 Å². The number of nitrogens with one attached hydrogen (secondary N) is 1. The number of methoxy groups -OCH3 is 1. The maximum atomic E-state index is 12.3. The van der Waals surface area contributed by atoms with Gasteiger partial charge in [-0.15, -0.1) is 12.4 Å². The van der Waals surface area contributed by atoms with Crippen LogP contribution in [-0.2, 0) is 0 Å². The molecule has 1 aromatic rings. The van der Waals surface area contributed by atoms with Crippen LogP contribution in [0, 0.1) is 0 Å². The molecule has 1 fully saturated rings. The second-order valence-corrected chi connectivity index (χ2v) is 5.87. The molecule has 3 N–H and O–H groups in total. The number of ether oxygens (including phenoxy) is 1. The van der Waals surface area contributed by atoms with Crippen LogP contribution in [-0.4, -0.2) is 25.1 Å². The van der Waals surface area contributed by atoms with E-state index in [9.17, 15) is 4.79 Å². The normalized spacial score (nSPS) is 21.3. The molecule has 1 aliphatic carbocycles. The summed E-state index contributed by atoms with van der Waals surface area (Å²) in [4.78, 5) is 12.3. The van der Waals surface area contributed by atoms with Crippen molar-refractivity contribution in [1.29, 1.82) is 0 Å². The number of amides is 1. The van der Waals surface area contributed by atoms with Crippen molar-refractivity contribution in [3.05, 3.63) is 27.7 Å². The van der Waals surface area contributed by atoms with Crippen LogP contribution in [0.1, 0.15) is 36.0 Å². The zero-order valence-electron chi connectivity index (χ0n) is 11.7. The highest BCUT2D eigenvalue weighted by atomic mass is 35.5. The van der Waals surface area contributed by atoms with Crippen molar-refractivity contribution in [3.8, 4) is 5.75 Å². The van der Waals surface area contributed by atoms with E-state index in [2.05, 4.69) is 5.32 Å². The quantitative estimate of drug-likeness (QED) is 0.875. The molecule has 0 aromatic heterocycles. The maximum absolute atomic E-state index is 12.3. The van der Waals surface area contributed by atoms with E-state index < -0.39 is 0 Å². The summed E-state index contributed by atoms with van der Waals surface area (Å²) in [5, 5.41) is 3.70. The van der Waals surface area contributed by atoms with Gasteiger partial charge >= 0.3 is 0 Å². The zero-order chi connectivity index (χ0) is 14.7. The Kier molecular flexibility index (Phi) is 7.07. The SMILES string of the molecule is COc1cc(Cl)c(Cl)cc1C(=O)NC1CCC(N)CC1.Cl. The van der Waals surface area contributed by atoms with Gasteiger partial charge in [0, 0.05) is 18.2 Å². The van der Waals surface area contributed by atoms with Gasteiger partial charge < -0.3 is 15.8 Å². The van der Waals surface area contributed by atoms with Gasteiger partial charge in [0.05, 0.1) is 22.7 Å². The summed E-state index contributed by atoms with van der Waals surface area (Å²) < 4.78 is 5.18. The van der Waals surface area contributed by atoms with Crippen LogP contribution >= 0.6 is 35.6 Å². The van der Waals surface area contributed by atoms with Gasteiger partial charge in [0.1, 0.15) is 5.75 Å². The Bertz CT molecular complexity index is 503. The molecule has 0 spiro atoms. The molecule has 7 heteroatoms. The highest BCUT2D eigenvalue weighted by molar-refractivity contribution is 6.42. The number of carbonyl (C=O) groups excluding carboxylic acids is 1. The predicted octanol–water partition coefficient (Wildman–Crippen LogP) is 3.42. The predicted molar refractivity (Wildman–Crippen MR) is 88.0 cm³/mol. The number of hydrogen-bond donors (Lipinski definition) is 2. The Morgan fingerprint density at radius 2 is 1.81 bits per heavy atom. The van der Waals surface area contributed by atoms with Crippen molar-refractivity contribution in [3.63, 3.8) is 0 Å². The van der Waals surface area contributed by atoms with Gasteiger partial charge in [0.25, 0.3) is 5.91 Å². The van der Waals surface area contributed by atoms with E-state index in [1.807, 2.05) is 0 Å². The van der Waals surface area contributed by atoms with E-state index in [0.717, 1.165) is 25.7 Å². The first kappa shape index (κ1) is 18.4. The Morgan fingerprint density at radius 3 is 2.38 bits per heavy atom. The van der Waals surface area contributed by atoms with Gasteiger partial charge in [-0.1, -0.05) is 23.2 Å². The standard InChI is InChI=1S/C14H18Cl2N2O2.ClH/c1-20-13-7-12(16)11(15)6-10(13)14(19)18-9-4-2-8(17)3-5-9;/h6-9H,2-5,17H2,1H3,(H,18,19);1H. The van der Waals surface area contributed by atoms with Crippen molar-refractivity contribution in [2.75, 3.05) is 7.11 Å². The highest BCUT2D eigenvalue weighted by Gasteiger charge is 2.22.